The van der Waals surface area contributed by atoms with Gasteiger partial charge in [-0.05, 0) is 104 Å². The first-order valence-electron chi connectivity index (χ1n) is 20.8. The summed E-state index contributed by atoms with van der Waals surface area (Å²) < 4.78 is 2.44. The maximum Gasteiger partial charge on any atom is 0.164 e. The molecule has 5 heteroatoms. The highest BCUT2D eigenvalue weighted by Crippen LogP contribution is 2.44. The molecule has 0 unspecified atom stereocenters. The van der Waals surface area contributed by atoms with Crippen LogP contribution in [0.2, 0.25) is 0 Å². The van der Waals surface area contributed by atoms with E-state index in [4.69, 9.17) is 15.0 Å². The van der Waals surface area contributed by atoms with E-state index in [9.17, 15) is 0 Å². The van der Waals surface area contributed by atoms with Crippen molar-refractivity contribution < 1.29 is 0 Å². The van der Waals surface area contributed by atoms with E-state index in [2.05, 4.69) is 163 Å². The van der Waals surface area contributed by atoms with E-state index in [1.165, 1.54) is 63.6 Å². The highest BCUT2D eigenvalue weighted by molar-refractivity contribution is 7.25. The second-order valence-electron chi connectivity index (χ2n) is 15.6. The van der Waals surface area contributed by atoms with Crippen molar-refractivity contribution in [3.05, 3.63) is 218 Å². The SMILES string of the molecule is c1ccc(-c2ccc(N(c3ccc4sc5ccc(-c6nc(-c7ccccc7)nc(-c7ccccc7)n6)cc5c4c3)c3ccc4c5ccccc5c5ccccc5c4c3)cc2)cc1. The third-order valence-corrected chi connectivity index (χ3v) is 13.0. The number of hydrogen-bond donors (Lipinski definition) is 0. The first-order chi connectivity index (χ1) is 30.7. The Morgan fingerprint density at radius 1 is 0.258 bits per heavy atom. The molecule has 0 N–H and O–H groups in total. The largest absolute Gasteiger partial charge is 0.310 e. The summed E-state index contributed by atoms with van der Waals surface area (Å²) in [6, 6.07) is 77.8. The molecule has 290 valence electrons. The second-order valence-corrected chi connectivity index (χ2v) is 16.7. The lowest BCUT2D eigenvalue weighted by atomic mass is 9.94. The Balaban J connectivity index is 1.04. The Morgan fingerprint density at radius 3 is 1.19 bits per heavy atom. The molecule has 12 aromatic rings. The van der Waals surface area contributed by atoms with Crippen LogP contribution in [0.4, 0.5) is 17.1 Å². The van der Waals surface area contributed by atoms with Gasteiger partial charge in [0.2, 0.25) is 0 Å². The van der Waals surface area contributed by atoms with Crippen LogP contribution < -0.4 is 4.90 Å². The summed E-state index contributed by atoms with van der Waals surface area (Å²) in [4.78, 5) is 17.5. The third-order valence-electron chi connectivity index (χ3n) is 11.9. The smallest absolute Gasteiger partial charge is 0.164 e. The van der Waals surface area contributed by atoms with Crippen LogP contribution in [0.15, 0.2) is 218 Å². The van der Waals surface area contributed by atoms with Gasteiger partial charge in [0.05, 0.1) is 0 Å². The maximum atomic E-state index is 5.06. The molecule has 0 atom stereocenters. The molecule has 0 amide bonds. The van der Waals surface area contributed by atoms with E-state index in [1.807, 2.05) is 72.0 Å². The Hall–Kier alpha value is -7.99. The Morgan fingerprint density at radius 2 is 0.629 bits per heavy atom. The standard InChI is InChI=1S/C57H36N4S/c1-4-14-37(15-5-1)38-24-27-42(28-25-38)61(43-29-31-49-47-22-11-10-20-45(47)46-21-12-13-23-48(46)50(49)35-43)44-30-33-54-52(36-44)51-34-41(26-32-53(51)62-54)57-59-55(39-16-6-2-7-17-39)58-56(60-57)40-18-8-3-9-19-40/h1-36H. The lowest BCUT2D eigenvalue weighted by Gasteiger charge is -2.26. The number of nitrogens with zero attached hydrogens (tertiary/aromatic N) is 4. The minimum absolute atomic E-state index is 0.645. The third kappa shape index (κ3) is 6.26. The number of rotatable bonds is 7. The van der Waals surface area contributed by atoms with Gasteiger partial charge in [-0.25, -0.2) is 15.0 Å². The zero-order chi connectivity index (χ0) is 41.0. The molecule has 0 fully saturated rings. The molecule has 62 heavy (non-hydrogen) atoms. The molecule has 2 heterocycles. The monoisotopic (exact) mass is 808 g/mol. The van der Waals surface area contributed by atoms with Gasteiger partial charge in [-0.1, -0.05) is 158 Å². The van der Waals surface area contributed by atoms with E-state index >= 15 is 0 Å². The van der Waals surface area contributed by atoms with Crippen LogP contribution in [0.3, 0.4) is 0 Å². The highest BCUT2D eigenvalue weighted by atomic mass is 32.1. The molecular formula is C57H36N4S. The van der Waals surface area contributed by atoms with Gasteiger partial charge in [-0.2, -0.15) is 0 Å². The van der Waals surface area contributed by atoms with Crippen LogP contribution in [0.1, 0.15) is 0 Å². The van der Waals surface area contributed by atoms with Crippen molar-refractivity contribution in [2.45, 2.75) is 0 Å². The predicted molar refractivity (Wildman–Crippen MR) is 262 cm³/mol. The number of aromatic nitrogens is 3. The number of fused-ring (bicyclic) bond motifs is 9. The van der Waals surface area contributed by atoms with Crippen molar-refractivity contribution >= 4 is 80.9 Å². The highest BCUT2D eigenvalue weighted by Gasteiger charge is 2.19. The predicted octanol–water partition coefficient (Wildman–Crippen LogP) is 15.8. The van der Waals surface area contributed by atoms with Gasteiger partial charge in [0.25, 0.3) is 0 Å². The minimum Gasteiger partial charge on any atom is -0.310 e. The average molecular weight is 809 g/mol. The molecule has 0 radical (unpaired) electrons. The summed E-state index contributed by atoms with van der Waals surface area (Å²) >= 11 is 1.81. The van der Waals surface area contributed by atoms with E-state index in [-0.39, 0.29) is 0 Å². The van der Waals surface area contributed by atoms with Crippen molar-refractivity contribution in [2.75, 3.05) is 4.90 Å². The Bertz CT molecular complexity index is 3530. The van der Waals surface area contributed by atoms with Crippen LogP contribution in [-0.2, 0) is 0 Å². The average Bonchev–Trinajstić information content (AvgIpc) is 3.72. The minimum atomic E-state index is 0.645. The molecule has 2 aromatic heterocycles. The first kappa shape index (κ1) is 35.9. The summed E-state index contributed by atoms with van der Waals surface area (Å²) in [6.45, 7) is 0. The lowest BCUT2D eigenvalue weighted by Crippen LogP contribution is -2.10. The van der Waals surface area contributed by atoms with Crippen molar-refractivity contribution in [3.8, 4) is 45.3 Å². The molecule has 0 aliphatic heterocycles. The Labute approximate surface area is 362 Å². The van der Waals surface area contributed by atoms with Crippen molar-refractivity contribution in [3.63, 3.8) is 0 Å². The van der Waals surface area contributed by atoms with Crippen molar-refractivity contribution in [1.82, 2.24) is 15.0 Å². The van der Waals surface area contributed by atoms with E-state index in [0.29, 0.717) is 17.5 Å². The summed E-state index contributed by atoms with van der Waals surface area (Å²) in [5.41, 5.74) is 8.48. The zero-order valence-corrected chi connectivity index (χ0v) is 34.3. The number of anilines is 3. The fourth-order valence-corrected chi connectivity index (χ4v) is 9.96. The van der Waals surface area contributed by atoms with Crippen LogP contribution in [-0.4, -0.2) is 15.0 Å². The molecule has 0 bridgehead atoms. The quantitative estimate of drug-likeness (QED) is 0.150. The van der Waals surface area contributed by atoms with E-state index in [0.717, 1.165) is 33.8 Å². The summed E-state index contributed by atoms with van der Waals surface area (Å²) in [6.07, 6.45) is 0. The Kier molecular flexibility index (Phi) is 8.65. The fraction of sp³-hybridized carbons (Fsp3) is 0. The zero-order valence-electron chi connectivity index (χ0n) is 33.5. The molecule has 4 nitrogen and oxygen atoms in total. The van der Waals surface area contributed by atoms with Gasteiger partial charge in [0.1, 0.15) is 0 Å². The van der Waals surface area contributed by atoms with Crippen molar-refractivity contribution in [1.29, 1.82) is 0 Å². The number of hydrogen-bond acceptors (Lipinski definition) is 5. The first-order valence-corrected chi connectivity index (χ1v) is 21.7. The fourth-order valence-electron chi connectivity index (χ4n) is 8.90. The van der Waals surface area contributed by atoms with Crippen molar-refractivity contribution in [2.24, 2.45) is 0 Å². The second kappa shape index (κ2) is 14.9. The molecule has 0 aliphatic rings. The topological polar surface area (TPSA) is 41.9 Å². The molecule has 10 aromatic carbocycles. The molecule has 0 spiro atoms. The lowest BCUT2D eigenvalue weighted by molar-refractivity contribution is 1.07. The van der Waals surface area contributed by atoms with Crippen LogP contribution >= 0.6 is 11.3 Å². The number of thiophene rings is 1. The van der Waals surface area contributed by atoms with Crippen LogP contribution in [0.5, 0.6) is 0 Å². The molecular weight excluding hydrogens is 773 g/mol. The van der Waals surface area contributed by atoms with Crippen LogP contribution in [0.25, 0.3) is 97.8 Å². The van der Waals surface area contributed by atoms with Gasteiger partial charge in [-0.15, -0.1) is 11.3 Å². The summed E-state index contributed by atoms with van der Waals surface area (Å²) in [7, 11) is 0. The molecule has 0 saturated heterocycles. The van der Waals surface area contributed by atoms with Crippen LogP contribution in [0, 0.1) is 0 Å². The molecule has 12 rings (SSSR count). The summed E-state index contributed by atoms with van der Waals surface area (Å²) in [5, 5.41) is 9.89. The van der Waals surface area contributed by atoms with Gasteiger partial charge in [0, 0.05) is 53.9 Å². The molecule has 0 aliphatic carbocycles. The van der Waals surface area contributed by atoms with E-state index in [1.54, 1.807) is 0 Å². The van der Waals surface area contributed by atoms with Gasteiger partial charge in [0.15, 0.2) is 17.5 Å². The normalized spacial score (nSPS) is 11.5. The van der Waals surface area contributed by atoms with Gasteiger partial charge < -0.3 is 4.90 Å². The van der Waals surface area contributed by atoms with Gasteiger partial charge >= 0.3 is 0 Å². The maximum absolute atomic E-state index is 5.06. The molecule has 0 saturated carbocycles. The summed E-state index contributed by atoms with van der Waals surface area (Å²) in [5.74, 6) is 1.94. The number of benzene rings is 10. The van der Waals surface area contributed by atoms with E-state index < -0.39 is 0 Å². The van der Waals surface area contributed by atoms with Gasteiger partial charge in [-0.3, -0.25) is 0 Å².